The zero-order chi connectivity index (χ0) is 13.1. The summed E-state index contributed by atoms with van der Waals surface area (Å²) >= 11 is 12.5. The summed E-state index contributed by atoms with van der Waals surface area (Å²) in [4.78, 5) is 2.20. The van der Waals surface area contributed by atoms with Gasteiger partial charge in [-0.3, -0.25) is 0 Å². The number of hydrogen-bond acceptors (Lipinski definition) is 3. The Morgan fingerprint density at radius 1 is 1.33 bits per heavy atom. The summed E-state index contributed by atoms with van der Waals surface area (Å²) in [6, 6.07) is 3.47. The highest BCUT2D eigenvalue weighted by Crippen LogP contribution is 2.38. The summed E-state index contributed by atoms with van der Waals surface area (Å²) in [5.74, 6) is 0.508. The lowest BCUT2D eigenvalue weighted by molar-refractivity contribution is 0.244. The highest BCUT2D eigenvalue weighted by atomic mass is 35.5. The van der Waals surface area contributed by atoms with Gasteiger partial charge in [0.05, 0.1) is 15.7 Å². The van der Waals surface area contributed by atoms with Crippen LogP contribution in [0.4, 0.5) is 11.4 Å². The molecule has 1 fully saturated rings. The molecular formula is C13H18Cl2N2O. The average molecular weight is 289 g/mol. The van der Waals surface area contributed by atoms with E-state index in [1.165, 1.54) is 0 Å². The summed E-state index contributed by atoms with van der Waals surface area (Å²) in [6.45, 7) is 2.08. The summed E-state index contributed by atoms with van der Waals surface area (Å²) < 4.78 is 0. The van der Waals surface area contributed by atoms with Gasteiger partial charge in [0, 0.05) is 25.4 Å². The van der Waals surface area contributed by atoms with Gasteiger partial charge < -0.3 is 15.7 Å². The number of anilines is 2. The molecule has 0 saturated carbocycles. The molecule has 0 bridgehead atoms. The Kier molecular flexibility index (Phi) is 4.60. The van der Waals surface area contributed by atoms with Crippen molar-refractivity contribution in [3.8, 4) is 0 Å². The SMILES string of the molecule is Nc1cc(Cl)c(N2CCCC(CCO)C2)c(Cl)c1. The van der Waals surface area contributed by atoms with Crippen LogP contribution in [0.15, 0.2) is 12.1 Å². The van der Waals surface area contributed by atoms with Crippen LogP contribution in [0.5, 0.6) is 0 Å². The van der Waals surface area contributed by atoms with Crippen LogP contribution in [-0.2, 0) is 0 Å². The van der Waals surface area contributed by atoms with E-state index in [4.69, 9.17) is 34.0 Å². The Bertz CT molecular complexity index is 400. The molecule has 0 spiro atoms. The third kappa shape index (κ3) is 3.02. The minimum atomic E-state index is 0.238. The fraction of sp³-hybridized carbons (Fsp3) is 0.538. The molecule has 0 aliphatic carbocycles. The van der Waals surface area contributed by atoms with Crippen LogP contribution in [-0.4, -0.2) is 24.8 Å². The van der Waals surface area contributed by atoms with Gasteiger partial charge >= 0.3 is 0 Å². The fourth-order valence-electron chi connectivity index (χ4n) is 2.57. The van der Waals surface area contributed by atoms with Gasteiger partial charge in [-0.25, -0.2) is 0 Å². The van der Waals surface area contributed by atoms with Crippen LogP contribution in [0.3, 0.4) is 0 Å². The van der Waals surface area contributed by atoms with Gasteiger partial charge in [-0.05, 0) is 37.3 Å². The van der Waals surface area contributed by atoms with Crippen LogP contribution in [0.2, 0.25) is 10.0 Å². The Balaban J connectivity index is 2.20. The van der Waals surface area contributed by atoms with Crippen molar-refractivity contribution >= 4 is 34.6 Å². The Labute approximate surface area is 117 Å². The highest BCUT2D eigenvalue weighted by Gasteiger charge is 2.23. The molecule has 1 aromatic rings. The van der Waals surface area contributed by atoms with Crippen molar-refractivity contribution < 1.29 is 5.11 Å². The lowest BCUT2D eigenvalue weighted by Crippen LogP contribution is -2.36. The summed E-state index contributed by atoms with van der Waals surface area (Å²) in [5.41, 5.74) is 7.16. The van der Waals surface area contributed by atoms with Crippen LogP contribution in [0.25, 0.3) is 0 Å². The number of aliphatic hydroxyl groups is 1. The molecule has 1 aromatic carbocycles. The predicted molar refractivity (Wildman–Crippen MR) is 77.5 cm³/mol. The molecule has 2 rings (SSSR count). The van der Waals surface area contributed by atoms with Crippen molar-refractivity contribution in [1.82, 2.24) is 0 Å². The second-order valence-corrected chi connectivity index (χ2v) is 5.61. The number of piperidine rings is 1. The van der Waals surface area contributed by atoms with Gasteiger partial charge in [-0.2, -0.15) is 0 Å². The molecule has 1 aliphatic heterocycles. The Hall–Kier alpha value is -0.640. The van der Waals surface area contributed by atoms with Crippen molar-refractivity contribution in [1.29, 1.82) is 0 Å². The molecular weight excluding hydrogens is 271 g/mol. The van der Waals surface area contributed by atoms with Gasteiger partial charge in [0.25, 0.3) is 0 Å². The number of benzene rings is 1. The van der Waals surface area contributed by atoms with Gasteiger partial charge in [-0.15, -0.1) is 0 Å². The molecule has 5 heteroatoms. The number of nitrogen functional groups attached to an aromatic ring is 1. The third-order valence-electron chi connectivity index (χ3n) is 3.41. The molecule has 1 saturated heterocycles. The summed E-state index contributed by atoms with van der Waals surface area (Å²) in [6.07, 6.45) is 3.09. The predicted octanol–water partition coefficient (Wildman–Crippen LogP) is 3.17. The first-order valence-corrected chi connectivity index (χ1v) is 6.97. The zero-order valence-corrected chi connectivity index (χ0v) is 11.7. The summed E-state index contributed by atoms with van der Waals surface area (Å²) in [7, 11) is 0. The minimum absolute atomic E-state index is 0.238. The van der Waals surface area contributed by atoms with Crippen LogP contribution in [0.1, 0.15) is 19.3 Å². The average Bonchev–Trinajstić information content (AvgIpc) is 2.28. The van der Waals surface area contributed by atoms with Crippen molar-refractivity contribution in [3.05, 3.63) is 22.2 Å². The molecule has 1 unspecified atom stereocenters. The lowest BCUT2D eigenvalue weighted by Gasteiger charge is -2.35. The summed E-state index contributed by atoms with van der Waals surface area (Å²) in [5, 5.41) is 10.2. The molecule has 100 valence electrons. The number of aliphatic hydroxyl groups excluding tert-OH is 1. The lowest BCUT2D eigenvalue weighted by atomic mass is 9.95. The van der Waals surface area contributed by atoms with Gasteiger partial charge in [0.2, 0.25) is 0 Å². The minimum Gasteiger partial charge on any atom is -0.399 e. The van der Waals surface area contributed by atoms with E-state index in [1.807, 2.05) is 0 Å². The zero-order valence-electron chi connectivity index (χ0n) is 10.2. The Morgan fingerprint density at radius 2 is 2.00 bits per heavy atom. The van der Waals surface area contributed by atoms with E-state index < -0.39 is 0 Å². The second kappa shape index (κ2) is 6.00. The monoisotopic (exact) mass is 288 g/mol. The maximum absolute atomic E-state index is 9.03. The van der Waals surface area contributed by atoms with E-state index in [0.717, 1.165) is 38.0 Å². The van der Waals surface area contributed by atoms with Crippen molar-refractivity contribution in [2.75, 3.05) is 30.3 Å². The molecule has 1 aliphatic rings. The molecule has 3 N–H and O–H groups in total. The van der Waals surface area contributed by atoms with E-state index in [2.05, 4.69) is 4.90 Å². The highest BCUT2D eigenvalue weighted by molar-refractivity contribution is 6.39. The second-order valence-electron chi connectivity index (χ2n) is 4.80. The topological polar surface area (TPSA) is 49.5 Å². The molecule has 0 amide bonds. The number of halogens is 2. The molecule has 18 heavy (non-hydrogen) atoms. The van der Waals surface area contributed by atoms with E-state index in [0.29, 0.717) is 21.7 Å². The molecule has 1 heterocycles. The van der Waals surface area contributed by atoms with E-state index in [1.54, 1.807) is 12.1 Å². The quantitative estimate of drug-likeness (QED) is 0.840. The number of nitrogens with two attached hydrogens (primary N) is 1. The smallest absolute Gasteiger partial charge is 0.0746 e. The molecule has 0 radical (unpaired) electrons. The largest absolute Gasteiger partial charge is 0.399 e. The normalized spacial score (nSPS) is 20.2. The van der Waals surface area contributed by atoms with Crippen LogP contribution >= 0.6 is 23.2 Å². The fourth-order valence-corrected chi connectivity index (χ4v) is 3.32. The molecule has 3 nitrogen and oxygen atoms in total. The van der Waals surface area contributed by atoms with Crippen molar-refractivity contribution in [3.63, 3.8) is 0 Å². The standard InChI is InChI=1S/C13H18Cl2N2O/c14-11-6-10(16)7-12(15)13(11)17-4-1-2-9(8-17)3-5-18/h6-7,9,18H,1-5,8,16H2. The first-order chi connectivity index (χ1) is 8.61. The van der Waals surface area contributed by atoms with Gasteiger partial charge in [-0.1, -0.05) is 23.2 Å². The number of nitrogens with zero attached hydrogens (tertiary/aromatic N) is 1. The van der Waals surface area contributed by atoms with Crippen molar-refractivity contribution in [2.24, 2.45) is 5.92 Å². The first-order valence-electron chi connectivity index (χ1n) is 6.22. The van der Waals surface area contributed by atoms with E-state index in [9.17, 15) is 0 Å². The maximum atomic E-state index is 9.03. The third-order valence-corrected chi connectivity index (χ3v) is 3.99. The number of rotatable bonds is 3. The van der Waals surface area contributed by atoms with Crippen molar-refractivity contribution in [2.45, 2.75) is 19.3 Å². The van der Waals surface area contributed by atoms with E-state index >= 15 is 0 Å². The van der Waals surface area contributed by atoms with Gasteiger partial charge in [0.15, 0.2) is 0 Å². The van der Waals surface area contributed by atoms with Crippen LogP contribution < -0.4 is 10.6 Å². The molecule has 0 aromatic heterocycles. The van der Waals surface area contributed by atoms with E-state index in [-0.39, 0.29) is 6.61 Å². The van der Waals surface area contributed by atoms with Gasteiger partial charge in [0.1, 0.15) is 0 Å². The Morgan fingerprint density at radius 3 is 2.61 bits per heavy atom. The molecule has 1 atom stereocenters. The first kappa shape index (κ1) is 13.8. The number of hydrogen-bond donors (Lipinski definition) is 2. The van der Waals surface area contributed by atoms with Crippen LogP contribution in [0, 0.1) is 5.92 Å². The maximum Gasteiger partial charge on any atom is 0.0746 e.